The van der Waals surface area contributed by atoms with Crippen molar-refractivity contribution in [2.75, 3.05) is 25.4 Å². The van der Waals surface area contributed by atoms with Crippen LogP contribution in [0.5, 0.6) is 0 Å². The number of guanidine groups is 1. The Morgan fingerprint density at radius 2 is 1.68 bits per heavy atom. The number of aliphatic imine (C=N–C) groups is 1. The van der Waals surface area contributed by atoms with Gasteiger partial charge >= 0.3 is 0 Å². The summed E-state index contributed by atoms with van der Waals surface area (Å²) in [6, 6.07) is 20.0. The molecular weight excluding hydrogens is 330 g/mol. The molecule has 0 saturated heterocycles. The highest BCUT2D eigenvalue weighted by atomic mass is 32.2. The summed E-state index contributed by atoms with van der Waals surface area (Å²) < 4.78 is 12.2. The largest absolute Gasteiger partial charge is 0.357 e. The molecule has 0 aromatic heterocycles. The van der Waals surface area contributed by atoms with Gasteiger partial charge in [-0.15, -0.1) is 0 Å². The molecule has 0 aliphatic rings. The van der Waals surface area contributed by atoms with Gasteiger partial charge in [0.2, 0.25) is 0 Å². The van der Waals surface area contributed by atoms with Crippen LogP contribution in [-0.4, -0.2) is 35.6 Å². The topological polar surface area (TPSA) is 53.5 Å². The standard InChI is InChI=1S/C20H27N3OS/c1-3-21-20(23-16-17(2)18-10-6-4-7-11-18)22-14-15-25(24)19-12-8-5-9-13-19/h4-13,17H,3,14-16H2,1-2H3,(H2,21,22,23). The molecule has 5 heteroatoms. The van der Waals surface area contributed by atoms with Crippen molar-refractivity contribution < 1.29 is 4.21 Å². The molecular formula is C20H27N3OS. The minimum atomic E-state index is -0.991. The minimum Gasteiger partial charge on any atom is -0.357 e. The first-order chi connectivity index (χ1) is 12.2. The van der Waals surface area contributed by atoms with E-state index in [0.717, 1.165) is 17.4 Å². The Kier molecular flexibility index (Phi) is 8.19. The Morgan fingerprint density at radius 1 is 1.04 bits per heavy atom. The Labute approximate surface area is 153 Å². The lowest BCUT2D eigenvalue weighted by molar-refractivity contribution is 0.681. The summed E-state index contributed by atoms with van der Waals surface area (Å²) in [6.45, 7) is 6.34. The second-order valence-electron chi connectivity index (χ2n) is 5.82. The van der Waals surface area contributed by atoms with E-state index in [-0.39, 0.29) is 0 Å². The molecule has 2 rings (SSSR count). The van der Waals surface area contributed by atoms with Crippen LogP contribution in [0.15, 0.2) is 70.6 Å². The Bertz CT molecular complexity index is 674. The number of nitrogens with zero attached hydrogens (tertiary/aromatic N) is 1. The lowest BCUT2D eigenvalue weighted by atomic mass is 10.0. The van der Waals surface area contributed by atoms with E-state index in [9.17, 15) is 4.21 Å². The van der Waals surface area contributed by atoms with E-state index in [1.165, 1.54) is 5.56 Å². The number of benzene rings is 2. The fourth-order valence-electron chi connectivity index (χ4n) is 2.41. The van der Waals surface area contributed by atoms with Crippen LogP contribution >= 0.6 is 0 Å². The fourth-order valence-corrected chi connectivity index (χ4v) is 3.39. The smallest absolute Gasteiger partial charge is 0.191 e. The highest BCUT2D eigenvalue weighted by Crippen LogP contribution is 2.14. The molecule has 2 unspecified atom stereocenters. The zero-order valence-electron chi connectivity index (χ0n) is 14.9. The first-order valence-electron chi connectivity index (χ1n) is 8.71. The third kappa shape index (κ3) is 6.70. The summed E-state index contributed by atoms with van der Waals surface area (Å²) in [7, 11) is -0.991. The van der Waals surface area contributed by atoms with Crippen LogP contribution in [0.3, 0.4) is 0 Å². The summed E-state index contributed by atoms with van der Waals surface area (Å²) in [6.07, 6.45) is 0. The highest BCUT2D eigenvalue weighted by molar-refractivity contribution is 7.85. The van der Waals surface area contributed by atoms with E-state index in [4.69, 9.17) is 0 Å². The predicted octanol–water partition coefficient (Wildman–Crippen LogP) is 3.15. The Hall–Kier alpha value is -2.14. The van der Waals surface area contributed by atoms with E-state index in [1.807, 2.05) is 43.3 Å². The summed E-state index contributed by atoms with van der Waals surface area (Å²) in [4.78, 5) is 5.52. The summed E-state index contributed by atoms with van der Waals surface area (Å²) >= 11 is 0. The third-order valence-electron chi connectivity index (χ3n) is 3.82. The molecule has 0 spiro atoms. The van der Waals surface area contributed by atoms with Crippen LogP contribution in [0.1, 0.15) is 25.3 Å². The van der Waals surface area contributed by atoms with Gasteiger partial charge in [-0.3, -0.25) is 9.20 Å². The van der Waals surface area contributed by atoms with Crippen molar-refractivity contribution in [1.29, 1.82) is 0 Å². The van der Waals surface area contributed by atoms with E-state index in [1.54, 1.807) is 0 Å². The molecule has 2 N–H and O–H groups in total. The van der Waals surface area contributed by atoms with Crippen molar-refractivity contribution in [1.82, 2.24) is 10.6 Å². The minimum absolute atomic E-state index is 0.357. The first-order valence-corrected chi connectivity index (χ1v) is 10.0. The van der Waals surface area contributed by atoms with Crippen LogP contribution in [0.4, 0.5) is 0 Å². The molecule has 0 radical (unpaired) electrons. The predicted molar refractivity (Wildman–Crippen MR) is 107 cm³/mol. The highest BCUT2D eigenvalue weighted by Gasteiger charge is 2.06. The van der Waals surface area contributed by atoms with Gasteiger partial charge in [0, 0.05) is 36.2 Å². The Balaban J connectivity index is 1.84. The molecule has 25 heavy (non-hydrogen) atoms. The number of hydrogen-bond acceptors (Lipinski definition) is 2. The Morgan fingerprint density at radius 3 is 2.32 bits per heavy atom. The van der Waals surface area contributed by atoms with Crippen molar-refractivity contribution in [2.24, 2.45) is 4.99 Å². The van der Waals surface area contributed by atoms with Gasteiger partial charge in [0.15, 0.2) is 5.96 Å². The molecule has 0 bridgehead atoms. The molecule has 4 nitrogen and oxygen atoms in total. The molecule has 0 fully saturated rings. The monoisotopic (exact) mass is 357 g/mol. The van der Waals surface area contributed by atoms with Gasteiger partial charge in [-0.1, -0.05) is 55.5 Å². The lowest BCUT2D eigenvalue weighted by Gasteiger charge is -2.13. The first kappa shape index (κ1) is 19.2. The second kappa shape index (κ2) is 10.7. The average molecular weight is 358 g/mol. The van der Waals surface area contributed by atoms with Crippen LogP contribution in [0, 0.1) is 0 Å². The zero-order valence-corrected chi connectivity index (χ0v) is 15.8. The van der Waals surface area contributed by atoms with Crippen molar-refractivity contribution in [3.63, 3.8) is 0 Å². The third-order valence-corrected chi connectivity index (χ3v) is 5.19. The molecule has 0 saturated carbocycles. The van der Waals surface area contributed by atoms with Gasteiger partial charge in [0.05, 0.1) is 10.8 Å². The van der Waals surface area contributed by atoms with Crippen molar-refractivity contribution in [2.45, 2.75) is 24.7 Å². The van der Waals surface area contributed by atoms with Crippen molar-refractivity contribution >= 4 is 16.8 Å². The van der Waals surface area contributed by atoms with Gasteiger partial charge in [-0.2, -0.15) is 0 Å². The van der Waals surface area contributed by atoms with Gasteiger partial charge in [-0.25, -0.2) is 0 Å². The van der Waals surface area contributed by atoms with E-state index in [2.05, 4.69) is 46.8 Å². The molecule has 134 valence electrons. The van der Waals surface area contributed by atoms with Gasteiger partial charge in [-0.05, 0) is 24.6 Å². The number of nitrogens with one attached hydrogen (secondary N) is 2. The van der Waals surface area contributed by atoms with Crippen LogP contribution in [0.25, 0.3) is 0 Å². The zero-order chi connectivity index (χ0) is 17.9. The number of hydrogen-bond donors (Lipinski definition) is 2. The normalized spacial score (nSPS) is 13.9. The van der Waals surface area contributed by atoms with Crippen LogP contribution < -0.4 is 10.6 Å². The molecule has 0 amide bonds. The molecule has 2 aromatic rings. The van der Waals surface area contributed by atoms with Crippen LogP contribution in [0.2, 0.25) is 0 Å². The van der Waals surface area contributed by atoms with Crippen molar-refractivity contribution in [3.8, 4) is 0 Å². The van der Waals surface area contributed by atoms with E-state index < -0.39 is 10.8 Å². The fraction of sp³-hybridized carbons (Fsp3) is 0.350. The lowest BCUT2D eigenvalue weighted by Crippen LogP contribution is -2.39. The van der Waals surface area contributed by atoms with Gasteiger partial charge in [0.1, 0.15) is 0 Å². The van der Waals surface area contributed by atoms with Gasteiger partial charge in [0.25, 0.3) is 0 Å². The van der Waals surface area contributed by atoms with E-state index >= 15 is 0 Å². The molecule has 0 aliphatic heterocycles. The van der Waals surface area contributed by atoms with Crippen molar-refractivity contribution in [3.05, 3.63) is 66.2 Å². The second-order valence-corrected chi connectivity index (χ2v) is 7.39. The maximum Gasteiger partial charge on any atom is 0.191 e. The number of rotatable bonds is 8. The maximum atomic E-state index is 12.2. The average Bonchev–Trinajstić information content (AvgIpc) is 2.67. The molecule has 0 heterocycles. The molecule has 2 aromatic carbocycles. The molecule has 2 atom stereocenters. The quantitative estimate of drug-likeness (QED) is 0.564. The summed E-state index contributed by atoms with van der Waals surface area (Å²) in [5.41, 5.74) is 1.28. The van der Waals surface area contributed by atoms with Crippen LogP contribution in [-0.2, 0) is 10.8 Å². The molecule has 0 aliphatic carbocycles. The SMILES string of the molecule is CCNC(=NCC(C)c1ccccc1)NCCS(=O)c1ccccc1. The summed E-state index contributed by atoms with van der Waals surface area (Å²) in [5.74, 6) is 1.69. The summed E-state index contributed by atoms with van der Waals surface area (Å²) in [5, 5.41) is 6.52. The maximum absolute atomic E-state index is 12.2. The van der Waals surface area contributed by atoms with E-state index in [0.29, 0.717) is 24.8 Å². The van der Waals surface area contributed by atoms with Gasteiger partial charge < -0.3 is 10.6 Å².